The Kier molecular flexibility index (Phi) is 8.21. The van der Waals surface area contributed by atoms with Crippen LogP contribution in [-0.4, -0.2) is 46.6 Å². The molecule has 0 aliphatic carbocycles. The number of piperidine rings is 1. The summed E-state index contributed by atoms with van der Waals surface area (Å²) in [7, 11) is 0. The van der Waals surface area contributed by atoms with Gasteiger partial charge in [0.15, 0.2) is 0 Å². The van der Waals surface area contributed by atoms with Gasteiger partial charge in [-0.05, 0) is 61.1 Å². The molecule has 1 saturated heterocycles. The summed E-state index contributed by atoms with van der Waals surface area (Å²) in [5.41, 5.74) is 1.96. The highest BCUT2D eigenvalue weighted by Crippen LogP contribution is 2.25. The summed E-state index contributed by atoms with van der Waals surface area (Å²) < 4.78 is 0. The predicted octanol–water partition coefficient (Wildman–Crippen LogP) is 5.21. The van der Waals surface area contributed by atoms with Crippen molar-refractivity contribution in [1.82, 2.24) is 4.90 Å². The van der Waals surface area contributed by atoms with Gasteiger partial charge in [0.25, 0.3) is 5.91 Å². The van der Waals surface area contributed by atoms with Crippen molar-refractivity contribution in [3.8, 4) is 0 Å². The lowest BCUT2D eigenvalue weighted by Gasteiger charge is -2.32. The number of rotatable bonds is 8. The summed E-state index contributed by atoms with van der Waals surface area (Å²) in [6, 6.07) is 23.8. The van der Waals surface area contributed by atoms with E-state index in [0.717, 1.165) is 37.2 Å². The van der Waals surface area contributed by atoms with Crippen molar-refractivity contribution < 1.29 is 19.5 Å². The summed E-state index contributed by atoms with van der Waals surface area (Å²) in [5, 5.41) is 12.1. The lowest BCUT2D eigenvalue weighted by molar-refractivity contribution is -0.129. The normalized spacial score (nSPS) is 13.9. The molecule has 2 amide bonds. The maximum Gasteiger partial charge on any atom is 0.336 e. The number of carbonyl (C=O) groups excluding carboxylic acids is 2. The number of benzene rings is 3. The lowest BCUT2D eigenvalue weighted by Crippen LogP contribution is -2.39. The van der Waals surface area contributed by atoms with E-state index in [1.54, 1.807) is 30.3 Å². The number of nitrogens with one attached hydrogen (secondary N) is 1. The van der Waals surface area contributed by atoms with Crippen LogP contribution in [0.15, 0.2) is 83.8 Å². The summed E-state index contributed by atoms with van der Waals surface area (Å²) in [6.45, 7) is 1.58. The van der Waals surface area contributed by atoms with Crippen LogP contribution in [0.4, 0.5) is 5.69 Å². The molecular weight excluding hydrogens is 460 g/mol. The molecule has 3 aromatic carbocycles. The van der Waals surface area contributed by atoms with Crippen LogP contribution in [0.3, 0.4) is 0 Å². The third-order valence-corrected chi connectivity index (χ3v) is 7.17. The molecule has 1 fully saturated rings. The molecule has 6 nitrogen and oxygen atoms in total. The topological polar surface area (TPSA) is 86.7 Å². The van der Waals surface area contributed by atoms with E-state index >= 15 is 0 Å². The number of aromatic carboxylic acids is 1. The van der Waals surface area contributed by atoms with E-state index in [9.17, 15) is 19.5 Å². The van der Waals surface area contributed by atoms with Gasteiger partial charge >= 0.3 is 5.97 Å². The summed E-state index contributed by atoms with van der Waals surface area (Å²) in [4.78, 5) is 39.6. The number of carboxylic acids is 1. The van der Waals surface area contributed by atoms with Crippen LogP contribution in [0.1, 0.15) is 39.1 Å². The first-order valence-corrected chi connectivity index (χ1v) is 12.7. The van der Waals surface area contributed by atoms with Gasteiger partial charge in [-0.15, -0.1) is 11.8 Å². The molecule has 1 aliphatic heterocycles. The van der Waals surface area contributed by atoms with Gasteiger partial charge in [-0.2, -0.15) is 0 Å². The molecule has 180 valence electrons. The van der Waals surface area contributed by atoms with E-state index in [-0.39, 0.29) is 17.0 Å². The standard InChI is InChI=1S/C28H28N2O4S/c31-26(30-15-13-21(14-16-30)17-20-7-2-1-3-8-20)19-35-23-10-6-9-22(18-23)29-27(32)24-11-4-5-12-25(24)28(33)34/h1-12,18,21H,13-17,19H2,(H,29,32)(H,33,34). The van der Waals surface area contributed by atoms with Crippen molar-refractivity contribution in [3.63, 3.8) is 0 Å². The van der Waals surface area contributed by atoms with Crippen LogP contribution in [-0.2, 0) is 11.2 Å². The molecule has 0 aromatic heterocycles. The second-order valence-corrected chi connectivity index (χ2v) is 9.68. The van der Waals surface area contributed by atoms with Gasteiger partial charge in [0.2, 0.25) is 5.91 Å². The first kappa shape index (κ1) is 24.5. The van der Waals surface area contributed by atoms with E-state index < -0.39 is 11.9 Å². The second kappa shape index (κ2) is 11.7. The molecule has 0 unspecified atom stereocenters. The molecule has 4 rings (SSSR count). The first-order valence-electron chi connectivity index (χ1n) is 11.7. The molecule has 3 aromatic rings. The van der Waals surface area contributed by atoms with Gasteiger partial charge < -0.3 is 15.3 Å². The van der Waals surface area contributed by atoms with E-state index in [4.69, 9.17) is 0 Å². The maximum absolute atomic E-state index is 12.8. The molecule has 0 atom stereocenters. The Balaban J connectivity index is 1.27. The fraction of sp³-hybridized carbons (Fsp3) is 0.250. The first-order chi connectivity index (χ1) is 17.0. The average molecular weight is 489 g/mol. The number of hydrogen-bond acceptors (Lipinski definition) is 4. The Morgan fingerprint density at radius 2 is 1.57 bits per heavy atom. The molecule has 0 saturated carbocycles. The van der Waals surface area contributed by atoms with Crippen molar-refractivity contribution in [2.75, 3.05) is 24.2 Å². The maximum atomic E-state index is 12.8. The molecular formula is C28H28N2O4S. The number of carbonyl (C=O) groups is 3. The number of amides is 2. The zero-order valence-electron chi connectivity index (χ0n) is 19.4. The Labute approximate surface area is 209 Å². The minimum atomic E-state index is -1.15. The minimum absolute atomic E-state index is 0.0475. The van der Waals surface area contributed by atoms with E-state index in [1.807, 2.05) is 17.0 Å². The van der Waals surface area contributed by atoms with Crippen molar-refractivity contribution >= 4 is 35.2 Å². The van der Waals surface area contributed by atoms with Gasteiger partial charge in [-0.25, -0.2) is 4.79 Å². The summed E-state index contributed by atoms with van der Waals surface area (Å²) in [6.07, 6.45) is 3.10. The molecule has 1 aliphatic rings. The largest absolute Gasteiger partial charge is 0.478 e. The Hall–Kier alpha value is -3.58. The molecule has 1 heterocycles. The Morgan fingerprint density at radius 1 is 0.886 bits per heavy atom. The van der Waals surface area contributed by atoms with Crippen LogP contribution in [0.25, 0.3) is 0 Å². The number of thioether (sulfide) groups is 1. The number of anilines is 1. The van der Waals surface area contributed by atoms with Crippen molar-refractivity contribution in [1.29, 1.82) is 0 Å². The number of hydrogen-bond donors (Lipinski definition) is 2. The van der Waals surface area contributed by atoms with Crippen LogP contribution >= 0.6 is 11.8 Å². The van der Waals surface area contributed by atoms with Crippen molar-refractivity contribution in [3.05, 3.63) is 95.6 Å². The van der Waals surface area contributed by atoms with Crippen molar-refractivity contribution in [2.24, 2.45) is 5.92 Å². The second-order valence-electron chi connectivity index (χ2n) is 8.64. The minimum Gasteiger partial charge on any atom is -0.478 e. The number of carboxylic acid groups (broad SMARTS) is 1. The van der Waals surface area contributed by atoms with Crippen LogP contribution < -0.4 is 5.32 Å². The monoisotopic (exact) mass is 488 g/mol. The highest BCUT2D eigenvalue weighted by Gasteiger charge is 2.23. The fourth-order valence-electron chi connectivity index (χ4n) is 4.30. The molecule has 0 spiro atoms. The third kappa shape index (κ3) is 6.73. The van der Waals surface area contributed by atoms with E-state index in [2.05, 4.69) is 29.6 Å². The molecule has 35 heavy (non-hydrogen) atoms. The predicted molar refractivity (Wildman–Crippen MR) is 138 cm³/mol. The SMILES string of the molecule is O=C(O)c1ccccc1C(=O)Nc1cccc(SCC(=O)N2CCC(Cc3ccccc3)CC2)c1. The smallest absolute Gasteiger partial charge is 0.336 e. The van der Waals surface area contributed by atoms with Gasteiger partial charge in [0, 0.05) is 23.7 Å². The average Bonchev–Trinajstić information content (AvgIpc) is 2.88. The number of likely N-dealkylation sites (tertiary alicyclic amines) is 1. The summed E-state index contributed by atoms with van der Waals surface area (Å²) >= 11 is 1.43. The van der Waals surface area contributed by atoms with Crippen LogP contribution in [0, 0.1) is 5.92 Å². The number of nitrogens with zero attached hydrogens (tertiary/aromatic N) is 1. The third-order valence-electron chi connectivity index (χ3n) is 6.19. The van der Waals surface area contributed by atoms with Gasteiger partial charge in [-0.3, -0.25) is 9.59 Å². The zero-order chi connectivity index (χ0) is 24.6. The van der Waals surface area contributed by atoms with Crippen molar-refractivity contribution in [2.45, 2.75) is 24.2 Å². The van der Waals surface area contributed by atoms with E-state index in [1.165, 1.54) is 29.5 Å². The highest BCUT2D eigenvalue weighted by molar-refractivity contribution is 8.00. The fourth-order valence-corrected chi connectivity index (χ4v) is 5.16. The Bertz CT molecular complexity index is 1190. The van der Waals surface area contributed by atoms with Crippen LogP contribution in [0.2, 0.25) is 0 Å². The molecule has 2 N–H and O–H groups in total. The van der Waals surface area contributed by atoms with Gasteiger partial charge in [-0.1, -0.05) is 48.5 Å². The molecule has 0 bridgehead atoms. The Morgan fingerprint density at radius 3 is 2.29 bits per heavy atom. The lowest BCUT2D eigenvalue weighted by atomic mass is 9.90. The van der Waals surface area contributed by atoms with Gasteiger partial charge in [0.1, 0.15) is 0 Å². The molecule has 0 radical (unpaired) electrons. The molecule has 7 heteroatoms. The quantitative estimate of drug-likeness (QED) is 0.425. The summed E-state index contributed by atoms with van der Waals surface area (Å²) in [5.74, 6) is -0.566. The van der Waals surface area contributed by atoms with Crippen LogP contribution in [0.5, 0.6) is 0 Å². The zero-order valence-corrected chi connectivity index (χ0v) is 20.2. The van der Waals surface area contributed by atoms with Gasteiger partial charge in [0.05, 0.1) is 16.9 Å². The highest BCUT2D eigenvalue weighted by atomic mass is 32.2. The van der Waals surface area contributed by atoms with E-state index in [0.29, 0.717) is 17.4 Å².